The summed E-state index contributed by atoms with van der Waals surface area (Å²) in [5, 5.41) is 6.75. The molecule has 0 aliphatic carbocycles. The van der Waals surface area contributed by atoms with Crippen molar-refractivity contribution in [3.63, 3.8) is 0 Å². The average molecular weight is 258 g/mol. The summed E-state index contributed by atoms with van der Waals surface area (Å²) >= 11 is 3.15. The average Bonchev–Trinajstić information content (AvgIpc) is 2.31. The Morgan fingerprint density at radius 2 is 2.23 bits per heavy atom. The molecule has 1 rings (SSSR count). The first-order chi connectivity index (χ1) is 5.90. The van der Waals surface area contributed by atoms with Crippen molar-refractivity contribution in [2.75, 3.05) is 0 Å². The Morgan fingerprint density at radius 3 is 2.69 bits per heavy atom. The van der Waals surface area contributed by atoms with Crippen LogP contribution in [-0.4, -0.2) is 21.2 Å². The molecule has 3 nitrogen and oxygen atoms in total. The number of nitrogens with zero attached hydrogens (tertiary/aromatic N) is 3. The van der Waals surface area contributed by atoms with Gasteiger partial charge in [-0.2, -0.15) is 13.2 Å². The molecule has 1 atom stereocenters. The maximum atomic E-state index is 12.0. The predicted octanol–water partition coefficient (Wildman–Crippen LogP) is 2.30. The maximum absolute atomic E-state index is 12.0. The summed E-state index contributed by atoms with van der Waals surface area (Å²) < 4.78 is 36.7. The van der Waals surface area contributed by atoms with E-state index in [4.69, 9.17) is 0 Å². The van der Waals surface area contributed by atoms with Gasteiger partial charge in [-0.15, -0.1) is 5.10 Å². The van der Waals surface area contributed by atoms with Gasteiger partial charge in [-0.3, -0.25) is 0 Å². The van der Waals surface area contributed by atoms with Crippen LogP contribution in [0, 0.1) is 0 Å². The standard InChI is InChI=1S/C6H7BrF3N3/c1-4(7)5-2-11-12-13(5)3-6(8,9)10/h2,4H,3H2,1H3. The molecular formula is C6H7BrF3N3. The van der Waals surface area contributed by atoms with E-state index in [-0.39, 0.29) is 4.83 Å². The highest BCUT2D eigenvalue weighted by atomic mass is 79.9. The van der Waals surface area contributed by atoms with Crippen LogP contribution in [0.5, 0.6) is 0 Å². The number of aromatic nitrogens is 3. The normalized spacial score (nSPS) is 14.5. The molecule has 0 saturated heterocycles. The fourth-order valence-corrected chi connectivity index (χ4v) is 1.22. The molecule has 13 heavy (non-hydrogen) atoms. The van der Waals surface area contributed by atoms with Gasteiger partial charge >= 0.3 is 6.18 Å². The van der Waals surface area contributed by atoms with Crippen molar-refractivity contribution >= 4 is 15.9 Å². The topological polar surface area (TPSA) is 30.7 Å². The Morgan fingerprint density at radius 1 is 1.62 bits per heavy atom. The lowest BCUT2D eigenvalue weighted by atomic mass is 10.3. The summed E-state index contributed by atoms with van der Waals surface area (Å²) in [7, 11) is 0. The van der Waals surface area contributed by atoms with Gasteiger partial charge < -0.3 is 0 Å². The summed E-state index contributed by atoms with van der Waals surface area (Å²) in [6, 6.07) is 0. The van der Waals surface area contributed by atoms with Crippen LogP contribution in [-0.2, 0) is 6.54 Å². The highest BCUT2D eigenvalue weighted by Gasteiger charge is 2.30. The molecule has 0 N–H and O–H groups in total. The molecule has 0 spiro atoms. The zero-order chi connectivity index (χ0) is 10.1. The van der Waals surface area contributed by atoms with E-state index in [9.17, 15) is 13.2 Å². The van der Waals surface area contributed by atoms with E-state index in [1.165, 1.54) is 6.20 Å². The van der Waals surface area contributed by atoms with Crippen LogP contribution in [0.25, 0.3) is 0 Å². The molecule has 0 saturated carbocycles. The van der Waals surface area contributed by atoms with Crippen molar-refractivity contribution in [2.45, 2.75) is 24.5 Å². The number of hydrogen-bond acceptors (Lipinski definition) is 2. The minimum atomic E-state index is -4.26. The summed E-state index contributed by atoms with van der Waals surface area (Å²) in [6.45, 7) is 0.615. The van der Waals surface area contributed by atoms with Gasteiger partial charge in [0.05, 0.1) is 16.7 Å². The third-order valence-corrected chi connectivity index (χ3v) is 1.85. The number of rotatable bonds is 2. The van der Waals surface area contributed by atoms with Crippen molar-refractivity contribution in [1.82, 2.24) is 15.0 Å². The van der Waals surface area contributed by atoms with E-state index in [2.05, 4.69) is 26.2 Å². The van der Waals surface area contributed by atoms with E-state index in [1.807, 2.05) is 0 Å². The Bertz CT molecular complexity index is 281. The zero-order valence-electron chi connectivity index (χ0n) is 6.72. The molecule has 0 fully saturated rings. The van der Waals surface area contributed by atoms with E-state index in [0.29, 0.717) is 5.69 Å². The van der Waals surface area contributed by atoms with Crippen LogP contribution in [0.15, 0.2) is 6.20 Å². The molecule has 0 aromatic carbocycles. The second-order valence-corrected chi connectivity index (χ2v) is 3.92. The molecule has 0 radical (unpaired) electrons. The summed E-state index contributed by atoms with van der Waals surface area (Å²) in [5.41, 5.74) is 0.414. The highest BCUT2D eigenvalue weighted by Crippen LogP contribution is 2.23. The van der Waals surface area contributed by atoms with E-state index in [1.54, 1.807) is 6.92 Å². The second-order valence-electron chi connectivity index (χ2n) is 2.55. The van der Waals surface area contributed by atoms with Gasteiger partial charge in [0.15, 0.2) is 0 Å². The highest BCUT2D eigenvalue weighted by molar-refractivity contribution is 9.09. The largest absolute Gasteiger partial charge is 0.408 e. The van der Waals surface area contributed by atoms with Crippen LogP contribution < -0.4 is 0 Å². The third kappa shape index (κ3) is 2.98. The second kappa shape index (κ2) is 3.65. The minimum Gasteiger partial charge on any atom is -0.239 e. The zero-order valence-corrected chi connectivity index (χ0v) is 8.30. The fourth-order valence-electron chi connectivity index (χ4n) is 0.866. The minimum absolute atomic E-state index is 0.190. The molecule has 0 amide bonds. The van der Waals surface area contributed by atoms with Gasteiger partial charge in [-0.25, -0.2) is 4.68 Å². The summed E-state index contributed by atoms with van der Waals surface area (Å²) in [4.78, 5) is -0.190. The molecule has 1 unspecified atom stereocenters. The predicted molar refractivity (Wildman–Crippen MR) is 43.4 cm³/mol. The van der Waals surface area contributed by atoms with Gasteiger partial charge in [0, 0.05) is 0 Å². The third-order valence-electron chi connectivity index (χ3n) is 1.38. The van der Waals surface area contributed by atoms with E-state index < -0.39 is 12.7 Å². The Hall–Kier alpha value is -0.590. The molecule has 1 aromatic heterocycles. The Kier molecular flexibility index (Phi) is 2.94. The van der Waals surface area contributed by atoms with Crippen LogP contribution in [0.2, 0.25) is 0 Å². The Labute approximate surface area is 81.1 Å². The van der Waals surface area contributed by atoms with Crippen LogP contribution in [0.1, 0.15) is 17.4 Å². The van der Waals surface area contributed by atoms with E-state index >= 15 is 0 Å². The molecular weight excluding hydrogens is 251 g/mol. The molecule has 74 valence electrons. The van der Waals surface area contributed by atoms with Gasteiger partial charge in [0.25, 0.3) is 0 Å². The summed E-state index contributed by atoms with van der Waals surface area (Å²) in [5.74, 6) is 0. The molecule has 7 heteroatoms. The first-order valence-electron chi connectivity index (χ1n) is 3.49. The number of hydrogen-bond donors (Lipinski definition) is 0. The monoisotopic (exact) mass is 257 g/mol. The Balaban J connectivity index is 2.83. The fraction of sp³-hybridized carbons (Fsp3) is 0.667. The molecule has 0 aliphatic rings. The van der Waals surface area contributed by atoms with Crippen LogP contribution in [0.4, 0.5) is 13.2 Å². The van der Waals surface area contributed by atoms with Crippen molar-refractivity contribution in [2.24, 2.45) is 0 Å². The smallest absolute Gasteiger partial charge is 0.239 e. The van der Waals surface area contributed by atoms with Gasteiger partial charge in [-0.1, -0.05) is 21.1 Å². The quantitative estimate of drug-likeness (QED) is 0.762. The van der Waals surface area contributed by atoms with Gasteiger partial charge in [-0.05, 0) is 6.92 Å². The first kappa shape index (κ1) is 10.5. The first-order valence-corrected chi connectivity index (χ1v) is 4.41. The molecule has 1 aromatic rings. The summed E-state index contributed by atoms with van der Waals surface area (Å²) in [6.07, 6.45) is -2.95. The van der Waals surface area contributed by atoms with Crippen molar-refractivity contribution < 1.29 is 13.2 Å². The SMILES string of the molecule is CC(Br)c1cnnn1CC(F)(F)F. The lowest BCUT2D eigenvalue weighted by molar-refractivity contribution is -0.143. The molecule has 1 heterocycles. The number of halogens is 4. The van der Waals surface area contributed by atoms with Crippen molar-refractivity contribution in [3.05, 3.63) is 11.9 Å². The van der Waals surface area contributed by atoms with Gasteiger partial charge in [0.2, 0.25) is 0 Å². The van der Waals surface area contributed by atoms with Crippen LogP contribution >= 0.6 is 15.9 Å². The van der Waals surface area contributed by atoms with Gasteiger partial charge in [0.1, 0.15) is 6.54 Å². The lowest BCUT2D eigenvalue weighted by Crippen LogP contribution is -2.20. The maximum Gasteiger partial charge on any atom is 0.408 e. The molecule has 0 bridgehead atoms. The van der Waals surface area contributed by atoms with E-state index in [0.717, 1.165) is 4.68 Å². The lowest BCUT2D eigenvalue weighted by Gasteiger charge is -2.09. The number of alkyl halides is 4. The van der Waals surface area contributed by atoms with Crippen molar-refractivity contribution in [3.8, 4) is 0 Å². The molecule has 0 aliphatic heterocycles. The van der Waals surface area contributed by atoms with Crippen molar-refractivity contribution in [1.29, 1.82) is 0 Å². The van der Waals surface area contributed by atoms with Crippen LogP contribution in [0.3, 0.4) is 0 Å².